The van der Waals surface area contributed by atoms with Gasteiger partial charge in [0, 0.05) is 18.7 Å². The van der Waals surface area contributed by atoms with Crippen LogP contribution in [-0.2, 0) is 0 Å². The number of halogens is 1. The van der Waals surface area contributed by atoms with E-state index in [9.17, 15) is 4.79 Å². The molecule has 0 unspecified atom stereocenters. The lowest BCUT2D eigenvalue weighted by Crippen LogP contribution is -2.37. The second-order valence-corrected chi connectivity index (χ2v) is 6.17. The molecule has 1 aliphatic rings. The average molecular weight is 388 g/mol. The number of likely N-dealkylation sites (tertiary alicyclic amines) is 1. The molecule has 0 radical (unpaired) electrons. The molecule has 1 N–H and O–H groups in total. The lowest BCUT2D eigenvalue weighted by Gasteiger charge is -2.26. The molecule has 1 fully saturated rings. The van der Waals surface area contributed by atoms with E-state index in [2.05, 4.69) is 32.8 Å². The quantitative estimate of drug-likeness (QED) is 0.789. The van der Waals surface area contributed by atoms with Crippen LogP contribution in [0, 0.1) is 3.57 Å². The maximum absolute atomic E-state index is 12.1. The molecule has 0 saturated carbocycles. The predicted octanol–water partition coefficient (Wildman–Crippen LogP) is 2.52. The number of hydrogen-bond acceptors (Lipinski definition) is 3. The normalized spacial score (nSPS) is 15.9. The van der Waals surface area contributed by atoms with Crippen molar-refractivity contribution >= 4 is 28.5 Å². The van der Waals surface area contributed by atoms with Gasteiger partial charge in [0.25, 0.3) is 5.91 Å². The summed E-state index contributed by atoms with van der Waals surface area (Å²) in [5.41, 5.74) is 0.689. The maximum atomic E-state index is 12.1. The molecule has 2 rings (SSSR count). The zero-order valence-corrected chi connectivity index (χ0v) is 14.0. The van der Waals surface area contributed by atoms with Crippen LogP contribution in [-0.4, -0.2) is 44.1 Å². The number of nitrogens with zero attached hydrogens (tertiary/aromatic N) is 1. The zero-order valence-electron chi connectivity index (χ0n) is 11.8. The highest BCUT2D eigenvalue weighted by molar-refractivity contribution is 14.1. The molecule has 5 heteroatoms. The fourth-order valence-corrected chi connectivity index (χ4v) is 3.16. The van der Waals surface area contributed by atoms with Crippen molar-refractivity contribution in [2.45, 2.75) is 19.3 Å². The molecule has 1 aromatic rings. The van der Waals surface area contributed by atoms with Crippen molar-refractivity contribution in [1.29, 1.82) is 0 Å². The lowest BCUT2D eigenvalue weighted by atomic mass is 10.1. The van der Waals surface area contributed by atoms with Gasteiger partial charge in [-0.05, 0) is 66.7 Å². The molecule has 4 nitrogen and oxygen atoms in total. The third-order valence-electron chi connectivity index (χ3n) is 3.58. The number of rotatable bonds is 5. The summed E-state index contributed by atoms with van der Waals surface area (Å²) in [6, 6.07) is 5.49. The van der Waals surface area contributed by atoms with Crippen LogP contribution in [0.3, 0.4) is 0 Å². The van der Waals surface area contributed by atoms with Gasteiger partial charge >= 0.3 is 0 Å². The van der Waals surface area contributed by atoms with Crippen molar-refractivity contribution in [2.24, 2.45) is 0 Å². The molecule has 1 saturated heterocycles. The molecule has 110 valence electrons. The Hall–Kier alpha value is -0.820. The first-order valence-electron chi connectivity index (χ1n) is 7.05. The molecule has 1 aromatic carbocycles. The highest BCUT2D eigenvalue weighted by Gasteiger charge is 2.11. The minimum Gasteiger partial charge on any atom is -0.496 e. The van der Waals surface area contributed by atoms with E-state index < -0.39 is 0 Å². The first-order valence-corrected chi connectivity index (χ1v) is 8.12. The monoisotopic (exact) mass is 388 g/mol. The molecule has 0 aliphatic carbocycles. The Morgan fingerprint density at radius 3 is 2.75 bits per heavy atom. The van der Waals surface area contributed by atoms with E-state index in [0.717, 1.165) is 29.0 Å². The summed E-state index contributed by atoms with van der Waals surface area (Å²) in [7, 11) is 1.63. The number of carbonyl (C=O) groups excluding carboxylic acids is 1. The minimum atomic E-state index is -0.0115. The van der Waals surface area contributed by atoms with Crippen LogP contribution in [0.4, 0.5) is 0 Å². The molecule has 20 heavy (non-hydrogen) atoms. The number of carbonyl (C=O) groups is 1. The Labute approximate surface area is 134 Å². The Morgan fingerprint density at radius 2 is 2.10 bits per heavy atom. The molecular formula is C15H21IN2O2. The summed E-state index contributed by atoms with van der Waals surface area (Å²) in [6.45, 7) is 3.98. The molecule has 0 aromatic heterocycles. The minimum absolute atomic E-state index is 0.0115. The van der Waals surface area contributed by atoms with E-state index in [4.69, 9.17) is 4.74 Å². The third kappa shape index (κ3) is 4.34. The summed E-state index contributed by atoms with van der Waals surface area (Å²) >= 11 is 2.18. The van der Waals surface area contributed by atoms with Crippen LogP contribution in [0.15, 0.2) is 18.2 Å². The number of ether oxygens (including phenoxy) is 1. The largest absolute Gasteiger partial charge is 0.496 e. The lowest BCUT2D eigenvalue weighted by molar-refractivity contribution is 0.0946. The highest BCUT2D eigenvalue weighted by Crippen LogP contribution is 2.21. The topological polar surface area (TPSA) is 41.6 Å². The number of hydrogen-bond donors (Lipinski definition) is 1. The molecule has 1 heterocycles. The average Bonchev–Trinajstić information content (AvgIpc) is 2.48. The number of benzene rings is 1. The van der Waals surface area contributed by atoms with E-state index in [1.165, 1.54) is 19.3 Å². The first kappa shape index (κ1) is 15.6. The van der Waals surface area contributed by atoms with Crippen LogP contribution < -0.4 is 10.1 Å². The van der Waals surface area contributed by atoms with Gasteiger partial charge in [-0.3, -0.25) is 4.79 Å². The Bertz CT molecular complexity index is 459. The summed E-state index contributed by atoms with van der Waals surface area (Å²) in [6.07, 6.45) is 3.91. The second-order valence-electron chi connectivity index (χ2n) is 5.01. The number of piperidine rings is 1. The summed E-state index contributed by atoms with van der Waals surface area (Å²) in [5, 5.41) is 2.99. The summed E-state index contributed by atoms with van der Waals surface area (Å²) < 4.78 is 6.15. The van der Waals surface area contributed by atoms with Crippen molar-refractivity contribution in [3.63, 3.8) is 0 Å². The van der Waals surface area contributed by atoms with Gasteiger partial charge in [-0.1, -0.05) is 6.42 Å². The molecule has 1 aliphatic heterocycles. The molecule has 0 spiro atoms. The van der Waals surface area contributed by atoms with Gasteiger partial charge in [-0.25, -0.2) is 0 Å². The van der Waals surface area contributed by atoms with Crippen LogP contribution in [0.25, 0.3) is 0 Å². The van der Waals surface area contributed by atoms with Crippen molar-refractivity contribution in [3.8, 4) is 5.75 Å². The van der Waals surface area contributed by atoms with Gasteiger partial charge in [-0.15, -0.1) is 0 Å². The SMILES string of the molecule is COc1ccc(C(=O)NCCN2CCCCC2)cc1I. The molecule has 0 atom stereocenters. The van der Waals surface area contributed by atoms with E-state index >= 15 is 0 Å². The maximum Gasteiger partial charge on any atom is 0.251 e. The zero-order chi connectivity index (χ0) is 14.4. The first-order chi connectivity index (χ1) is 9.70. The van der Waals surface area contributed by atoms with Crippen LogP contribution in [0.2, 0.25) is 0 Å². The van der Waals surface area contributed by atoms with Crippen molar-refractivity contribution in [3.05, 3.63) is 27.3 Å². The molecule has 0 bridgehead atoms. The molecular weight excluding hydrogens is 367 g/mol. The van der Waals surface area contributed by atoms with E-state index in [0.29, 0.717) is 12.1 Å². The van der Waals surface area contributed by atoms with Crippen LogP contribution >= 0.6 is 22.6 Å². The number of amides is 1. The van der Waals surface area contributed by atoms with Crippen molar-refractivity contribution in [1.82, 2.24) is 10.2 Å². The standard InChI is InChI=1S/C15H21IN2O2/c1-20-14-6-5-12(11-13(14)16)15(19)17-7-10-18-8-3-2-4-9-18/h5-6,11H,2-4,7-10H2,1H3,(H,17,19). The molecule has 1 amide bonds. The van der Waals surface area contributed by atoms with Crippen LogP contribution in [0.5, 0.6) is 5.75 Å². The Morgan fingerprint density at radius 1 is 1.35 bits per heavy atom. The Kier molecular flexibility index (Phi) is 6.09. The van der Waals surface area contributed by atoms with Gasteiger partial charge in [0.15, 0.2) is 0 Å². The van der Waals surface area contributed by atoms with Crippen LogP contribution in [0.1, 0.15) is 29.6 Å². The Balaban J connectivity index is 1.80. The van der Waals surface area contributed by atoms with Gasteiger partial charge in [-0.2, -0.15) is 0 Å². The van der Waals surface area contributed by atoms with E-state index in [1.54, 1.807) is 13.2 Å². The highest BCUT2D eigenvalue weighted by atomic mass is 127. The van der Waals surface area contributed by atoms with Gasteiger partial charge < -0.3 is 15.0 Å². The summed E-state index contributed by atoms with van der Waals surface area (Å²) in [4.78, 5) is 14.5. The van der Waals surface area contributed by atoms with Gasteiger partial charge in [0.05, 0.1) is 10.7 Å². The predicted molar refractivity (Wildman–Crippen MR) is 88.3 cm³/mol. The number of methoxy groups -OCH3 is 1. The third-order valence-corrected chi connectivity index (χ3v) is 4.42. The fraction of sp³-hybridized carbons (Fsp3) is 0.533. The fourth-order valence-electron chi connectivity index (χ4n) is 2.42. The van der Waals surface area contributed by atoms with Crippen molar-refractivity contribution < 1.29 is 9.53 Å². The van der Waals surface area contributed by atoms with Gasteiger partial charge in [0.1, 0.15) is 5.75 Å². The second kappa shape index (κ2) is 7.83. The van der Waals surface area contributed by atoms with E-state index in [1.807, 2.05) is 12.1 Å². The van der Waals surface area contributed by atoms with Crippen molar-refractivity contribution in [2.75, 3.05) is 33.3 Å². The van der Waals surface area contributed by atoms with E-state index in [-0.39, 0.29) is 5.91 Å². The summed E-state index contributed by atoms with van der Waals surface area (Å²) in [5.74, 6) is 0.790. The van der Waals surface area contributed by atoms with Gasteiger partial charge in [0.2, 0.25) is 0 Å². The number of nitrogens with one attached hydrogen (secondary N) is 1. The smallest absolute Gasteiger partial charge is 0.251 e.